The molecule has 0 radical (unpaired) electrons. The van der Waals surface area contributed by atoms with Gasteiger partial charge in [0.2, 0.25) is 0 Å². The number of carbonyl (C=O) groups is 2. The van der Waals surface area contributed by atoms with E-state index in [1.807, 2.05) is 6.08 Å². The molecule has 1 aliphatic heterocycles. The van der Waals surface area contributed by atoms with E-state index in [4.69, 9.17) is 4.74 Å². The Hall–Kier alpha value is -1.38. The average Bonchev–Trinajstić information content (AvgIpc) is 3.10. The molecule has 5 atom stereocenters. The second-order valence-corrected chi connectivity index (χ2v) is 9.51. The van der Waals surface area contributed by atoms with Gasteiger partial charge in [-0.15, -0.1) is 0 Å². The number of allylic oxidation sites excluding steroid dienone is 4. The summed E-state index contributed by atoms with van der Waals surface area (Å²) < 4.78 is 5.98. The molecule has 134 valence electrons. The lowest BCUT2D eigenvalue weighted by Crippen LogP contribution is -2.50. The third-order valence-corrected chi connectivity index (χ3v) is 8.67. The minimum absolute atomic E-state index is 0.00303. The van der Waals surface area contributed by atoms with Gasteiger partial charge in [-0.25, -0.2) is 0 Å². The van der Waals surface area contributed by atoms with Gasteiger partial charge in [0.15, 0.2) is 5.78 Å². The Morgan fingerprint density at radius 2 is 1.88 bits per heavy atom. The maximum atomic E-state index is 11.9. The third kappa shape index (κ3) is 1.88. The van der Waals surface area contributed by atoms with Crippen molar-refractivity contribution < 1.29 is 14.3 Å². The number of esters is 1. The Kier molecular flexibility index (Phi) is 3.08. The normalized spacial score (nSPS) is 48.4. The highest BCUT2D eigenvalue weighted by atomic mass is 16.6. The third-order valence-electron chi connectivity index (χ3n) is 8.67. The summed E-state index contributed by atoms with van der Waals surface area (Å²) in [5.74, 6) is 1.54. The van der Waals surface area contributed by atoms with Crippen LogP contribution in [0.5, 0.6) is 0 Å². The minimum atomic E-state index is -0.212. The zero-order chi connectivity index (χ0) is 17.4. The van der Waals surface area contributed by atoms with Crippen molar-refractivity contribution in [2.45, 2.75) is 77.2 Å². The number of carbonyl (C=O) groups excluding carboxylic acids is 2. The van der Waals surface area contributed by atoms with Gasteiger partial charge in [0, 0.05) is 23.7 Å². The molecular formula is C22H28O3. The standard InChI is InChI=1S/C22H28O3/c1-20-9-5-15(23)13-14(20)3-4-16-17(20)6-10-21(2)18(16)7-11-22(21)12-8-19(24)25-22/h6,13,16,18H,3-5,7-12H2,1-2H3/t16?,18-,20?,21?,22+/m0/s1. The fourth-order valence-electron chi connectivity index (χ4n) is 7.14. The van der Waals surface area contributed by atoms with Crippen LogP contribution in [0.2, 0.25) is 0 Å². The molecule has 5 aliphatic rings. The summed E-state index contributed by atoms with van der Waals surface area (Å²) in [6.07, 6.45) is 13.1. The molecule has 0 aromatic heterocycles. The van der Waals surface area contributed by atoms with Gasteiger partial charge in [-0.05, 0) is 62.9 Å². The molecule has 0 N–H and O–H groups in total. The highest BCUT2D eigenvalue weighted by molar-refractivity contribution is 5.92. The van der Waals surface area contributed by atoms with Crippen molar-refractivity contribution in [3.05, 3.63) is 23.3 Å². The number of ketones is 1. The monoisotopic (exact) mass is 340 g/mol. The van der Waals surface area contributed by atoms with Gasteiger partial charge in [-0.3, -0.25) is 9.59 Å². The number of rotatable bonds is 0. The zero-order valence-corrected chi connectivity index (χ0v) is 15.4. The fourth-order valence-corrected chi connectivity index (χ4v) is 7.14. The number of fused-ring (bicyclic) bond motifs is 6. The van der Waals surface area contributed by atoms with E-state index in [-0.39, 0.29) is 22.4 Å². The molecule has 3 heteroatoms. The minimum Gasteiger partial charge on any atom is -0.458 e. The largest absolute Gasteiger partial charge is 0.458 e. The van der Waals surface area contributed by atoms with E-state index < -0.39 is 0 Å². The molecule has 3 nitrogen and oxygen atoms in total. The van der Waals surface area contributed by atoms with E-state index >= 15 is 0 Å². The van der Waals surface area contributed by atoms with E-state index in [1.54, 1.807) is 5.57 Å². The van der Waals surface area contributed by atoms with Crippen LogP contribution in [-0.2, 0) is 14.3 Å². The van der Waals surface area contributed by atoms with Crippen LogP contribution in [-0.4, -0.2) is 17.4 Å². The first kappa shape index (κ1) is 15.8. The van der Waals surface area contributed by atoms with Gasteiger partial charge in [0.1, 0.15) is 5.60 Å². The van der Waals surface area contributed by atoms with Crippen molar-refractivity contribution in [1.82, 2.24) is 0 Å². The van der Waals surface area contributed by atoms with Gasteiger partial charge in [0.25, 0.3) is 0 Å². The molecule has 0 amide bonds. The highest BCUT2D eigenvalue weighted by Gasteiger charge is 2.65. The molecule has 2 saturated carbocycles. The molecule has 25 heavy (non-hydrogen) atoms. The van der Waals surface area contributed by atoms with Gasteiger partial charge in [0.05, 0.1) is 0 Å². The van der Waals surface area contributed by atoms with Gasteiger partial charge >= 0.3 is 5.97 Å². The Balaban J connectivity index is 1.55. The summed E-state index contributed by atoms with van der Waals surface area (Å²) in [4.78, 5) is 23.8. The highest BCUT2D eigenvalue weighted by Crippen LogP contribution is 2.67. The van der Waals surface area contributed by atoms with Crippen LogP contribution < -0.4 is 0 Å². The van der Waals surface area contributed by atoms with Gasteiger partial charge in [-0.1, -0.05) is 31.1 Å². The summed E-state index contributed by atoms with van der Waals surface area (Å²) in [6.45, 7) is 4.75. The molecule has 1 spiro atoms. The van der Waals surface area contributed by atoms with E-state index in [1.165, 1.54) is 12.0 Å². The predicted octanol–water partition coefficient (Wildman–Crippen LogP) is 4.51. The molecule has 4 aliphatic carbocycles. The van der Waals surface area contributed by atoms with Gasteiger partial charge < -0.3 is 4.74 Å². The Labute approximate surface area is 149 Å². The summed E-state index contributed by atoms with van der Waals surface area (Å²) in [7, 11) is 0. The van der Waals surface area contributed by atoms with Crippen LogP contribution in [0.4, 0.5) is 0 Å². The van der Waals surface area contributed by atoms with Crippen LogP contribution in [0.15, 0.2) is 23.3 Å². The van der Waals surface area contributed by atoms with Crippen molar-refractivity contribution in [3.8, 4) is 0 Å². The van der Waals surface area contributed by atoms with Crippen LogP contribution >= 0.6 is 0 Å². The first-order chi connectivity index (χ1) is 11.9. The topological polar surface area (TPSA) is 43.4 Å². The lowest BCUT2D eigenvalue weighted by atomic mass is 9.50. The van der Waals surface area contributed by atoms with Crippen molar-refractivity contribution >= 4 is 11.8 Å². The van der Waals surface area contributed by atoms with E-state index in [0.29, 0.717) is 30.5 Å². The molecular weight excluding hydrogens is 312 g/mol. The number of ether oxygens (including phenoxy) is 1. The number of hydrogen-bond acceptors (Lipinski definition) is 3. The zero-order valence-electron chi connectivity index (χ0n) is 15.4. The lowest BCUT2D eigenvalue weighted by Gasteiger charge is -2.54. The summed E-state index contributed by atoms with van der Waals surface area (Å²) in [5, 5.41) is 0. The molecule has 1 saturated heterocycles. The van der Waals surface area contributed by atoms with Crippen LogP contribution in [0.3, 0.4) is 0 Å². The Morgan fingerprint density at radius 1 is 1.04 bits per heavy atom. The second kappa shape index (κ2) is 4.86. The summed E-state index contributed by atoms with van der Waals surface area (Å²) in [6, 6.07) is 0. The summed E-state index contributed by atoms with van der Waals surface area (Å²) in [5.41, 5.74) is 2.95. The maximum Gasteiger partial charge on any atom is 0.306 e. The van der Waals surface area contributed by atoms with E-state index in [0.717, 1.165) is 38.5 Å². The molecule has 3 fully saturated rings. The second-order valence-electron chi connectivity index (χ2n) is 9.51. The lowest BCUT2D eigenvalue weighted by molar-refractivity contribution is -0.160. The summed E-state index contributed by atoms with van der Waals surface area (Å²) >= 11 is 0. The maximum absolute atomic E-state index is 11.9. The van der Waals surface area contributed by atoms with Crippen molar-refractivity contribution in [2.24, 2.45) is 22.7 Å². The van der Waals surface area contributed by atoms with Gasteiger partial charge in [-0.2, -0.15) is 0 Å². The smallest absolute Gasteiger partial charge is 0.306 e. The average molecular weight is 340 g/mol. The van der Waals surface area contributed by atoms with Crippen LogP contribution in [0.1, 0.15) is 71.6 Å². The first-order valence-electron chi connectivity index (χ1n) is 10.0. The van der Waals surface area contributed by atoms with Crippen molar-refractivity contribution in [3.63, 3.8) is 0 Å². The molecule has 5 rings (SSSR count). The van der Waals surface area contributed by atoms with E-state index in [2.05, 4.69) is 19.9 Å². The van der Waals surface area contributed by atoms with Crippen molar-refractivity contribution in [2.75, 3.05) is 0 Å². The predicted molar refractivity (Wildman–Crippen MR) is 94.7 cm³/mol. The molecule has 0 bridgehead atoms. The fraction of sp³-hybridized carbons (Fsp3) is 0.727. The SMILES string of the molecule is CC12CCC(=O)C=C1CCC1C2=CCC2(C)[C@H]1CC[C@@]21CCC(=O)O1. The molecule has 0 aromatic rings. The van der Waals surface area contributed by atoms with Crippen LogP contribution in [0, 0.1) is 22.7 Å². The Morgan fingerprint density at radius 3 is 2.64 bits per heavy atom. The molecule has 1 heterocycles. The Bertz CT molecular complexity index is 732. The molecule has 3 unspecified atom stereocenters. The van der Waals surface area contributed by atoms with E-state index in [9.17, 15) is 9.59 Å². The molecule has 0 aromatic carbocycles. The first-order valence-corrected chi connectivity index (χ1v) is 10.0. The van der Waals surface area contributed by atoms with Crippen molar-refractivity contribution in [1.29, 1.82) is 0 Å². The number of hydrogen-bond donors (Lipinski definition) is 0. The van der Waals surface area contributed by atoms with Crippen LogP contribution in [0.25, 0.3) is 0 Å². The quantitative estimate of drug-likeness (QED) is 0.481.